The lowest BCUT2D eigenvalue weighted by Crippen LogP contribution is -2.43. The highest BCUT2D eigenvalue weighted by atomic mass is 32.2. The SMILES string of the molecule is Cc1ccc(SCC(=O)NNC(=O)Cc2csc(-c3ccc(C(F)(F)F)cc3)n2)cc1. The Morgan fingerprint density at radius 1 is 1.00 bits per heavy atom. The summed E-state index contributed by atoms with van der Waals surface area (Å²) in [4.78, 5) is 29.2. The highest BCUT2D eigenvalue weighted by Gasteiger charge is 2.30. The summed E-state index contributed by atoms with van der Waals surface area (Å²) in [6, 6.07) is 12.4. The van der Waals surface area contributed by atoms with E-state index in [0.717, 1.165) is 22.6 Å². The fraction of sp³-hybridized carbons (Fsp3) is 0.190. The minimum atomic E-state index is -4.40. The Balaban J connectivity index is 1.46. The maximum Gasteiger partial charge on any atom is 0.416 e. The number of aryl methyl sites for hydroxylation is 1. The van der Waals surface area contributed by atoms with E-state index < -0.39 is 17.6 Å². The zero-order valence-corrected chi connectivity index (χ0v) is 18.0. The summed E-state index contributed by atoms with van der Waals surface area (Å²) in [5, 5.41) is 2.16. The second-order valence-corrected chi connectivity index (χ2v) is 8.50. The number of rotatable bonds is 6. The number of amides is 2. The monoisotopic (exact) mass is 465 g/mol. The first kappa shape index (κ1) is 22.8. The van der Waals surface area contributed by atoms with Gasteiger partial charge in [-0.25, -0.2) is 4.98 Å². The molecule has 5 nitrogen and oxygen atoms in total. The largest absolute Gasteiger partial charge is 0.416 e. The summed E-state index contributed by atoms with van der Waals surface area (Å²) >= 11 is 2.58. The van der Waals surface area contributed by atoms with E-state index in [4.69, 9.17) is 0 Å². The first-order valence-electron chi connectivity index (χ1n) is 9.10. The van der Waals surface area contributed by atoms with Crippen molar-refractivity contribution in [2.45, 2.75) is 24.4 Å². The van der Waals surface area contributed by atoms with E-state index in [1.165, 1.54) is 35.2 Å². The molecule has 0 bridgehead atoms. The van der Waals surface area contributed by atoms with E-state index in [2.05, 4.69) is 15.8 Å². The minimum Gasteiger partial charge on any atom is -0.273 e. The number of hydrogen-bond acceptors (Lipinski definition) is 5. The van der Waals surface area contributed by atoms with Gasteiger partial charge in [-0.15, -0.1) is 23.1 Å². The van der Waals surface area contributed by atoms with Gasteiger partial charge in [0.1, 0.15) is 5.01 Å². The average molecular weight is 466 g/mol. The molecule has 2 N–H and O–H groups in total. The number of aromatic nitrogens is 1. The third kappa shape index (κ3) is 6.83. The molecule has 31 heavy (non-hydrogen) atoms. The van der Waals surface area contributed by atoms with Crippen LogP contribution in [0, 0.1) is 6.92 Å². The van der Waals surface area contributed by atoms with Crippen LogP contribution in [0.2, 0.25) is 0 Å². The van der Waals surface area contributed by atoms with Gasteiger partial charge in [0.15, 0.2) is 0 Å². The van der Waals surface area contributed by atoms with E-state index in [0.29, 0.717) is 16.3 Å². The fourth-order valence-corrected chi connectivity index (χ4v) is 4.01. The molecule has 0 fully saturated rings. The summed E-state index contributed by atoms with van der Waals surface area (Å²) in [5.74, 6) is -0.640. The van der Waals surface area contributed by atoms with Crippen LogP contribution in [0.15, 0.2) is 58.8 Å². The van der Waals surface area contributed by atoms with Gasteiger partial charge < -0.3 is 0 Å². The van der Waals surface area contributed by atoms with Crippen molar-refractivity contribution in [3.63, 3.8) is 0 Å². The number of hydrogen-bond donors (Lipinski definition) is 2. The molecule has 0 unspecified atom stereocenters. The highest BCUT2D eigenvalue weighted by molar-refractivity contribution is 8.00. The maximum absolute atomic E-state index is 12.7. The van der Waals surface area contributed by atoms with Crippen molar-refractivity contribution < 1.29 is 22.8 Å². The number of carbonyl (C=O) groups excluding carboxylic acids is 2. The second-order valence-electron chi connectivity index (χ2n) is 6.59. The molecule has 1 aromatic heterocycles. The molecule has 2 aromatic carbocycles. The van der Waals surface area contributed by atoms with Gasteiger partial charge in [0, 0.05) is 15.8 Å². The Hall–Kier alpha value is -2.85. The van der Waals surface area contributed by atoms with E-state index in [-0.39, 0.29) is 18.1 Å². The molecular formula is C21H18F3N3O2S2. The summed E-state index contributed by atoms with van der Waals surface area (Å²) in [6.45, 7) is 1.98. The molecule has 1 heterocycles. The van der Waals surface area contributed by atoms with Gasteiger partial charge in [0.05, 0.1) is 23.4 Å². The highest BCUT2D eigenvalue weighted by Crippen LogP contribution is 2.31. The van der Waals surface area contributed by atoms with Gasteiger partial charge in [-0.3, -0.25) is 20.4 Å². The molecule has 2 amide bonds. The summed E-state index contributed by atoms with van der Waals surface area (Å²) in [5.41, 5.74) is 6.08. The Morgan fingerprint density at radius 2 is 1.65 bits per heavy atom. The number of halogens is 3. The Bertz CT molecular complexity index is 1050. The molecular weight excluding hydrogens is 447 g/mol. The minimum absolute atomic E-state index is 0.0669. The number of thioether (sulfide) groups is 1. The van der Waals surface area contributed by atoms with Crippen LogP contribution in [0.1, 0.15) is 16.8 Å². The van der Waals surface area contributed by atoms with Crippen LogP contribution in [0.5, 0.6) is 0 Å². The van der Waals surface area contributed by atoms with Gasteiger partial charge in [-0.2, -0.15) is 13.2 Å². The van der Waals surface area contributed by atoms with Gasteiger partial charge in [-0.1, -0.05) is 29.8 Å². The number of benzene rings is 2. The topological polar surface area (TPSA) is 71.1 Å². The van der Waals surface area contributed by atoms with Gasteiger partial charge in [0.25, 0.3) is 0 Å². The van der Waals surface area contributed by atoms with Crippen molar-refractivity contribution in [3.05, 3.63) is 70.7 Å². The molecule has 0 saturated heterocycles. The number of nitrogens with one attached hydrogen (secondary N) is 2. The molecule has 0 aliphatic heterocycles. The van der Waals surface area contributed by atoms with Crippen LogP contribution in [0.3, 0.4) is 0 Å². The standard InChI is InChI=1S/C21H18F3N3O2S2/c1-13-2-8-17(9-3-13)30-12-19(29)27-26-18(28)10-16-11-31-20(25-16)14-4-6-15(7-5-14)21(22,23)24/h2-9,11H,10,12H2,1H3,(H,26,28)(H,27,29). The van der Waals surface area contributed by atoms with Crippen molar-refractivity contribution in [3.8, 4) is 10.6 Å². The van der Waals surface area contributed by atoms with E-state index in [1.807, 2.05) is 31.2 Å². The number of thiazole rings is 1. The Kier molecular flexibility index (Phi) is 7.34. The smallest absolute Gasteiger partial charge is 0.273 e. The second kappa shape index (κ2) is 9.97. The molecule has 10 heteroatoms. The molecule has 0 aliphatic carbocycles. The van der Waals surface area contributed by atoms with E-state index in [1.54, 1.807) is 5.38 Å². The first-order valence-corrected chi connectivity index (χ1v) is 11.0. The predicted molar refractivity (Wildman–Crippen MR) is 114 cm³/mol. The zero-order chi connectivity index (χ0) is 22.4. The fourth-order valence-electron chi connectivity index (χ4n) is 2.49. The molecule has 0 saturated carbocycles. The van der Waals surface area contributed by atoms with Crippen molar-refractivity contribution >= 4 is 34.9 Å². The van der Waals surface area contributed by atoms with Crippen LogP contribution >= 0.6 is 23.1 Å². The predicted octanol–water partition coefficient (Wildman–Crippen LogP) is 4.62. The summed E-state index contributed by atoms with van der Waals surface area (Å²) < 4.78 is 38.0. The number of alkyl halides is 3. The van der Waals surface area contributed by atoms with Crippen LogP contribution in [-0.4, -0.2) is 22.6 Å². The zero-order valence-electron chi connectivity index (χ0n) is 16.3. The lowest BCUT2D eigenvalue weighted by molar-refractivity contribution is -0.137. The Morgan fingerprint density at radius 3 is 2.29 bits per heavy atom. The van der Waals surface area contributed by atoms with Crippen LogP contribution in [0.25, 0.3) is 10.6 Å². The van der Waals surface area contributed by atoms with Crippen molar-refractivity contribution in [2.24, 2.45) is 0 Å². The third-order valence-corrected chi connectivity index (χ3v) is 6.04. The van der Waals surface area contributed by atoms with Gasteiger partial charge in [0.2, 0.25) is 11.8 Å². The maximum atomic E-state index is 12.7. The molecule has 0 atom stereocenters. The van der Waals surface area contributed by atoms with Crippen LogP contribution in [0.4, 0.5) is 13.2 Å². The quantitative estimate of drug-likeness (QED) is 0.412. The molecule has 0 aliphatic rings. The van der Waals surface area contributed by atoms with E-state index in [9.17, 15) is 22.8 Å². The molecule has 3 aromatic rings. The molecule has 3 rings (SSSR count). The lowest BCUT2D eigenvalue weighted by atomic mass is 10.1. The first-order chi connectivity index (χ1) is 14.7. The van der Waals surface area contributed by atoms with Crippen molar-refractivity contribution in [1.29, 1.82) is 0 Å². The molecule has 0 radical (unpaired) electrons. The van der Waals surface area contributed by atoms with Crippen molar-refractivity contribution in [2.75, 3.05) is 5.75 Å². The van der Waals surface area contributed by atoms with E-state index >= 15 is 0 Å². The normalized spacial score (nSPS) is 11.2. The van der Waals surface area contributed by atoms with Crippen molar-refractivity contribution in [1.82, 2.24) is 15.8 Å². The van der Waals surface area contributed by atoms with Crippen LogP contribution < -0.4 is 10.9 Å². The molecule has 0 spiro atoms. The number of nitrogens with zero attached hydrogens (tertiary/aromatic N) is 1. The third-order valence-electron chi connectivity index (χ3n) is 4.08. The lowest BCUT2D eigenvalue weighted by Gasteiger charge is -2.07. The molecule has 162 valence electrons. The average Bonchev–Trinajstić information content (AvgIpc) is 3.19. The van der Waals surface area contributed by atoms with Crippen LogP contribution in [-0.2, 0) is 22.2 Å². The van der Waals surface area contributed by atoms with Gasteiger partial charge >= 0.3 is 6.18 Å². The summed E-state index contributed by atoms with van der Waals surface area (Å²) in [7, 11) is 0. The van der Waals surface area contributed by atoms with Gasteiger partial charge in [-0.05, 0) is 31.2 Å². The Labute approximate surface area is 185 Å². The number of carbonyl (C=O) groups is 2. The number of hydrazine groups is 1. The summed E-state index contributed by atoms with van der Waals surface area (Å²) in [6.07, 6.45) is -4.46.